The van der Waals surface area contributed by atoms with Gasteiger partial charge in [-0.3, -0.25) is 19.2 Å². The number of carbonyl (C=O) groups excluding carboxylic acids is 4. The minimum atomic E-state index is -1.74. The first-order valence-corrected chi connectivity index (χ1v) is 9.89. The smallest absolute Gasteiger partial charge is 0.244 e. The SMILES string of the molecule is NCC(=O)NCC(=O)N[C@](CC(=O)Nc1ccc(CO)cc1)(Cc1ccccc1)C(N)=O. The highest BCUT2D eigenvalue weighted by Crippen LogP contribution is 2.20. The van der Waals surface area contributed by atoms with Gasteiger partial charge in [0.05, 0.1) is 26.1 Å². The molecule has 2 aromatic carbocycles. The zero-order chi connectivity index (χ0) is 23.6. The Morgan fingerprint density at radius 1 is 0.875 bits per heavy atom. The number of carbonyl (C=O) groups is 4. The van der Waals surface area contributed by atoms with Crippen LogP contribution >= 0.6 is 0 Å². The van der Waals surface area contributed by atoms with Gasteiger partial charge in [0.2, 0.25) is 23.6 Å². The van der Waals surface area contributed by atoms with Crippen LogP contribution in [0.3, 0.4) is 0 Å². The molecule has 0 spiro atoms. The quantitative estimate of drug-likeness (QED) is 0.265. The molecule has 0 aliphatic rings. The van der Waals surface area contributed by atoms with Crippen molar-refractivity contribution in [3.8, 4) is 0 Å². The van der Waals surface area contributed by atoms with Crippen LogP contribution in [0, 0.1) is 0 Å². The molecule has 32 heavy (non-hydrogen) atoms. The summed E-state index contributed by atoms with van der Waals surface area (Å²) in [5, 5.41) is 16.6. The molecule has 2 rings (SSSR count). The van der Waals surface area contributed by atoms with Crippen LogP contribution in [-0.4, -0.2) is 47.4 Å². The highest BCUT2D eigenvalue weighted by Gasteiger charge is 2.40. The van der Waals surface area contributed by atoms with Crippen molar-refractivity contribution in [1.29, 1.82) is 0 Å². The highest BCUT2D eigenvalue weighted by molar-refractivity contribution is 6.00. The van der Waals surface area contributed by atoms with Crippen LogP contribution in [0.2, 0.25) is 0 Å². The molecule has 0 radical (unpaired) electrons. The third-order valence-corrected chi connectivity index (χ3v) is 4.71. The van der Waals surface area contributed by atoms with E-state index in [0.29, 0.717) is 16.8 Å². The van der Waals surface area contributed by atoms with Crippen LogP contribution in [0.5, 0.6) is 0 Å². The number of anilines is 1. The van der Waals surface area contributed by atoms with E-state index in [2.05, 4.69) is 16.0 Å². The van der Waals surface area contributed by atoms with Gasteiger partial charge in [-0.15, -0.1) is 0 Å². The van der Waals surface area contributed by atoms with E-state index in [1.807, 2.05) is 0 Å². The monoisotopic (exact) mass is 441 g/mol. The van der Waals surface area contributed by atoms with Gasteiger partial charge in [0.15, 0.2) is 0 Å². The van der Waals surface area contributed by atoms with Gasteiger partial charge in [-0.2, -0.15) is 0 Å². The zero-order valence-electron chi connectivity index (χ0n) is 17.5. The van der Waals surface area contributed by atoms with E-state index in [1.54, 1.807) is 54.6 Å². The summed E-state index contributed by atoms with van der Waals surface area (Å²) in [6.45, 7) is -0.858. The number of hydrogen-bond acceptors (Lipinski definition) is 6. The molecule has 0 saturated carbocycles. The first kappa shape index (κ1) is 24.5. The fraction of sp³-hybridized carbons (Fsp3) is 0.273. The lowest BCUT2D eigenvalue weighted by Crippen LogP contribution is -2.61. The van der Waals surface area contributed by atoms with Crippen molar-refractivity contribution >= 4 is 29.3 Å². The Morgan fingerprint density at radius 2 is 1.53 bits per heavy atom. The molecule has 0 aliphatic heterocycles. The van der Waals surface area contributed by atoms with Crippen molar-refractivity contribution in [2.24, 2.45) is 11.5 Å². The van der Waals surface area contributed by atoms with Gasteiger partial charge in [0.25, 0.3) is 0 Å². The summed E-state index contributed by atoms with van der Waals surface area (Å²) >= 11 is 0. The molecule has 0 fully saturated rings. The van der Waals surface area contributed by atoms with E-state index >= 15 is 0 Å². The maximum atomic E-state index is 12.8. The number of nitrogens with two attached hydrogens (primary N) is 2. The first-order chi connectivity index (χ1) is 15.3. The van der Waals surface area contributed by atoms with Gasteiger partial charge in [-0.1, -0.05) is 42.5 Å². The van der Waals surface area contributed by atoms with Gasteiger partial charge in [0.1, 0.15) is 5.54 Å². The Hall–Kier alpha value is -3.76. The minimum absolute atomic E-state index is 0.0311. The van der Waals surface area contributed by atoms with Crippen molar-refractivity contribution in [1.82, 2.24) is 10.6 Å². The van der Waals surface area contributed by atoms with E-state index in [0.717, 1.165) is 0 Å². The average Bonchev–Trinajstić information content (AvgIpc) is 2.78. The molecular weight excluding hydrogens is 414 g/mol. The number of primary amides is 1. The standard InChI is InChI=1S/C22H27N5O5/c23-12-19(30)25-13-20(31)27-22(21(24)32,10-15-4-2-1-3-5-15)11-18(29)26-17-8-6-16(14-28)7-9-17/h1-9,28H,10-14,23H2,(H2,24,32)(H,25,30)(H,26,29)(H,27,31)/t22-/m0/s1. The lowest BCUT2D eigenvalue weighted by Gasteiger charge is -2.31. The average molecular weight is 441 g/mol. The summed E-state index contributed by atoms with van der Waals surface area (Å²) in [4.78, 5) is 49.1. The van der Waals surface area contributed by atoms with Crippen LogP contribution < -0.4 is 27.4 Å². The van der Waals surface area contributed by atoms with Gasteiger partial charge in [-0.05, 0) is 23.3 Å². The summed E-state index contributed by atoms with van der Waals surface area (Å²) in [5.41, 5.74) is 10.9. The molecule has 0 bridgehead atoms. The Morgan fingerprint density at radius 3 is 2.09 bits per heavy atom. The maximum absolute atomic E-state index is 12.8. The van der Waals surface area contributed by atoms with E-state index < -0.39 is 42.1 Å². The fourth-order valence-electron chi connectivity index (χ4n) is 3.07. The fourth-order valence-corrected chi connectivity index (χ4v) is 3.07. The second-order valence-corrected chi connectivity index (χ2v) is 7.22. The second-order valence-electron chi connectivity index (χ2n) is 7.22. The summed E-state index contributed by atoms with van der Waals surface area (Å²) in [7, 11) is 0. The lowest BCUT2D eigenvalue weighted by atomic mass is 9.86. The molecule has 170 valence electrons. The van der Waals surface area contributed by atoms with Crippen molar-refractivity contribution in [2.75, 3.05) is 18.4 Å². The predicted octanol–water partition coefficient (Wildman–Crippen LogP) is -0.835. The normalized spacial score (nSPS) is 12.3. The molecular formula is C22H27N5O5. The summed E-state index contributed by atoms with van der Waals surface area (Å²) in [6, 6.07) is 15.3. The van der Waals surface area contributed by atoms with Crippen LogP contribution in [0.1, 0.15) is 17.5 Å². The number of aliphatic hydroxyl groups is 1. The molecule has 0 unspecified atom stereocenters. The number of amides is 4. The van der Waals surface area contributed by atoms with Gasteiger partial charge in [-0.25, -0.2) is 0 Å². The molecule has 2 aromatic rings. The van der Waals surface area contributed by atoms with Gasteiger partial charge in [0, 0.05) is 12.1 Å². The van der Waals surface area contributed by atoms with Crippen molar-refractivity contribution in [3.05, 3.63) is 65.7 Å². The molecule has 4 amide bonds. The number of nitrogens with one attached hydrogen (secondary N) is 3. The Kier molecular flexibility index (Phi) is 8.87. The largest absolute Gasteiger partial charge is 0.392 e. The van der Waals surface area contributed by atoms with Crippen LogP contribution in [0.15, 0.2) is 54.6 Å². The zero-order valence-corrected chi connectivity index (χ0v) is 17.5. The molecule has 1 atom stereocenters. The van der Waals surface area contributed by atoms with E-state index in [4.69, 9.17) is 16.6 Å². The molecule has 0 heterocycles. The molecule has 0 aromatic heterocycles. The van der Waals surface area contributed by atoms with Crippen LogP contribution in [-0.2, 0) is 32.2 Å². The molecule has 0 saturated heterocycles. The Balaban J connectivity index is 2.23. The minimum Gasteiger partial charge on any atom is -0.392 e. The van der Waals surface area contributed by atoms with E-state index in [9.17, 15) is 19.2 Å². The molecule has 10 heteroatoms. The molecule has 10 nitrogen and oxygen atoms in total. The van der Waals surface area contributed by atoms with Crippen LogP contribution in [0.25, 0.3) is 0 Å². The first-order valence-electron chi connectivity index (χ1n) is 9.89. The molecule has 8 N–H and O–H groups in total. The van der Waals surface area contributed by atoms with Gasteiger partial charge >= 0.3 is 0 Å². The van der Waals surface area contributed by atoms with Crippen molar-refractivity contribution in [3.63, 3.8) is 0 Å². The second kappa shape index (κ2) is 11.6. The summed E-state index contributed by atoms with van der Waals surface area (Å²) in [5.74, 6) is -2.69. The summed E-state index contributed by atoms with van der Waals surface area (Å²) in [6.07, 6.45) is -0.466. The van der Waals surface area contributed by atoms with E-state index in [1.165, 1.54) is 0 Å². The summed E-state index contributed by atoms with van der Waals surface area (Å²) < 4.78 is 0. The third kappa shape index (κ3) is 7.18. The number of hydrogen-bond donors (Lipinski definition) is 6. The molecule has 0 aliphatic carbocycles. The third-order valence-electron chi connectivity index (χ3n) is 4.71. The number of aliphatic hydroxyl groups excluding tert-OH is 1. The lowest BCUT2D eigenvalue weighted by molar-refractivity contribution is -0.134. The predicted molar refractivity (Wildman–Crippen MR) is 118 cm³/mol. The topological polar surface area (TPSA) is 177 Å². The van der Waals surface area contributed by atoms with Crippen molar-refractivity contribution < 1.29 is 24.3 Å². The number of benzene rings is 2. The number of rotatable bonds is 11. The maximum Gasteiger partial charge on any atom is 0.244 e. The Bertz CT molecular complexity index is 949. The highest BCUT2D eigenvalue weighted by atomic mass is 16.3. The van der Waals surface area contributed by atoms with Crippen LogP contribution in [0.4, 0.5) is 5.69 Å². The van der Waals surface area contributed by atoms with Crippen molar-refractivity contribution in [2.45, 2.75) is 25.0 Å². The van der Waals surface area contributed by atoms with E-state index in [-0.39, 0.29) is 19.6 Å². The van der Waals surface area contributed by atoms with Gasteiger partial charge < -0.3 is 32.5 Å². The Labute approximate surface area is 185 Å².